The summed E-state index contributed by atoms with van der Waals surface area (Å²) in [6.45, 7) is 0.975. The fourth-order valence-corrected chi connectivity index (χ4v) is 0. The van der Waals surface area contributed by atoms with Gasteiger partial charge in [0.05, 0.1) is 0 Å². The second-order valence-electron chi connectivity index (χ2n) is 0.954. The van der Waals surface area contributed by atoms with Crippen molar-refractivity contribution >= 4 is 23.3 Å². The number of hydrogen-bond donors (Lipinski definition) is 1. The fourth-order valence-electron chi connectivity index (χ4n) is 0. The summed E-state index contributed by atoms with van der Waals surface area (Å²) in [5, 5.41) is 7.62. The van der Waals surface area contributed by atoms with Gasteiger partial charge in [-0.15, -0.1) is 0 Å². The lowest BCUT2D eigenvalue weighted by molar-refractivity contribution is -0.142. The summed E-state index contributed by atoms with van der Waals surface area (Å²) in [7, 11) is 0. The lowest BCUT2D eigenvalue weighted by atomic mass is 10.5. The summed E-state index contributed by atoms with van der Waals surface area (Å²) in [5.41, 5.74) is 0. The molecular weight excluding hydrogens is 114 g/mol. The molecule has 2 nitrogen and oxygen atoms in total. The molecule has 4 heteroatoms. The van der Waals surface area contributed by atoms with Gasteiger partial charge in [0.15, 0.2) is 23.5 Å². The van der Waals surface area contributed by atoms with E-state index in [2.05, 4.69) is 0 Å². The molecule has 0 radical (unpaired) electrons. The lowest BCUT2D eigenvalue weighted by Crippen LogP contribution is -2.08. The van der Waals surface area contributed by atoms with Crippen LogP contribution in [0.15, 0.2) is 0 Å². The van der Waals surface area contributed by atoms with Crippen molar-refractivity contribution in [2.75, 3.05) is 0 Å². The Labute approximate surface area is 51.5 Å². The predicted octanol–water partition coefficient (Wildman–Crippen LogP) is -0.755. The number of carbonyl (C=O) groups is 1. The Balaban J connectivity index is 0. The molecule has 42 valence electrons. The maximum absolute atomic E-state index is 11.2. The number of carboxylic acids is 1. The van der Waals surface area contributed by atoms with Gasteiger partial charge in [-0.3, -0.25) is 0 Å². The first-order valence-corrected chi connectivity index (χ1v) is 1.51. The van der Waals surface area contributed by atoms with Crippen molar-refractivity contribution in [3.63, 3.8) is 0 Å². The van der Waals surface area contributed by atoms with Crippen LogP contribution in [0.25, 0.3) is 0 Å². The number of carboxylic acid groups (broad SMARTS) is 1. The first-order valence-electron chi connectivity index (χ1n) is 1.51. The highest BCUT2D eigenvalue weighted by Gasteiger charge is 2.04. The monoisotopic (exact) mass is 122 g/mol. The molecule has 0 aliphatic rings. The average Bonchev–Trinajstić information content (AvgIpc) is 1.36. The molecule has 0 heterocycles. The molecule has 0 saturated heterocycles. The zero-order valence-electron chi connectivity index (χ0n) is 3.31. The molecule has 0 fully saturated rings. The van der Waals surface area contributed by atoms with Crippen LogP contribution in [0.5, 0.6) is 0 Å². The van der Waals surface area contributed by atoms with Crippen LogP contribution in [-0.4, -0.2) is 34.6 Å². The number of rotatable bonds is 1. The smallest absolute Gasteiger partial charge is 0.337 e. The number of alkyl halides is 1. The van der Waals surface area contributed by atoms with E-state index in [4.69, 9.17) is 5.11 Å². The van der Waals surface area contributed by atoms with Crippen molar-refractivity contribution in [1.82, 2.24) is 0 Å². The summed E-state index contributed by atoms with van der Waals surface area (Å²) >= 11 is 0. The summed E-state index contributed by atoms with van der Waals surface area (Å²) in [6, 6.07) is 0. The number of halogens is 1. The standard InChI is InChI=1S/C3H5FO2.Al.3H/c1-2(4)3(5)6;;;;/h2H,1H3,(H,5,6);;;;. The van der Waals surface area contributed by atoms with Gasteiger partial charge in [0, 0.05) is 0 Å². The van der Waals surface area contributed by atoms with E-state index in [-0.39, 0.29) is 17.4 Å². The highest BCUT2D eigenvalue weighted by molar-refractivity contribution is 5.75. The van der Waals surface area contributed by atoms with E-state index in [0.29, 0.717) is 0 Å². The van der Waals surface area contributed by atoms with E-state index in [1.807, 2.05) is 0 Å². The van der Waals surface area contributed by atoms with Crippen LogP contribution in [0.4, 0.5) is 4.39 Å². The Kier molecular flexibility index (Phi) is 5.88. The van der Waals surface area contributed by atoms with Gasteiger partial charge in [-0.2, -0.15) is 0 Å². The molecule has 0 aliphatic heterocycles. The Morgan fingerprint density at radius 2 is 2.00 bits per heavy atom. The highest BCUT2D eigenvalue weighted by Crippen LogP contribution is 1.83. The van der Waals surface area contributed by atoms with E-state index in [1.54, 1.807) is 0 Å². The molecule has 1 atom stereocenters. The molecule has 0 rings (SSSR count). The van der Waals surface area contributed by atoms with Gasteiger partial charge in [0.2, 0.25) is 0 Å². The third-order valence-corrected chi connectivity index (χ3v) is 0.340. The molecule has 0 aromatic rings. The van der Waals surface area contributed by atoms with E-state index in [0.717, 1.165) is 6.92 Å². The van der Waals surface area contributed by atoms with Crippen LogP contribution in [0.3, 0.4) is 0 Å². The third kappa shape index (κ3) is 5.93. The van der Waals surface area contributed by atoms with Crippen molar-refractivity contribution < 1.29 is 14.3 Å². The van der Waals surface area contributed by atoms with Crippen molar-refractivity contribution in [3.05, 3.63) is 0 Å². The topological polar surface area (TPSA) is 37.3 Å². The summed E-state index contributed by atoms with van der Waals surface area (Å²) in [4.78, 5) is 9.32. The van der Waals surface area contributed by atoms with Crippen LogP contribution in [0.1, 0.15) is 6.92 Å². The highest BCUT2D eigenvalue weighted by atomic mass is 27.0. The van der Waals surface area contributed by atoms with Crippen LogP contribution >= 0.6 is 0 Å². The molecule has 0 saturated carbocycles. The van der Waals surface area contributed by atoms with Gasteiger partial charge in [-0.1, -0.05) is 0 Å². The van der Waals surface area contributed by atoms with Crippen LogP contribution < -0.4 is 0 Å². The molecule has 0 spiro atoms. The molecule has 0 aromatic carbocycles. The first-order chi connectivity index (χ1) is 2.64. The van der Waals surface area contributed by atoms with Crippen LogP contribution in [0.2, 0.25) is 0 Å². The van der Waals surface area contributed by atoms with Crippen molar-refractivity contribution in [2.45, 2.75) is 13.1 Å². The second-order valence-corrected chi connectivity index (χ2v) is 0.954. The fraction of sp³-hybridized carbons (Fsp3) is 0.667. The second kappa shape index (κ2) is 4.10. The maximum Gasteiger partial charge on any atom is 0.337 e. The quantitative estimate of drug-likeness (QED) is 0.464. The molecule has 7 heavy (non-hydrogen) atoms. The van der Waals surface area contributed by atoms with E-state index < -0.39 is 12.1 Å². The molecule has 1 N–H and O–H groups in total. The van der Waals surface area contributed by atoms with Gasteiger partial charge in [0.25, 0.3) is 0 Å². The van der Waals surface area contributed by atoms with E-state index in [9.17, 15) is 9.18 Å². The van der Waals surface area contributed by atoms with Gasteiger partial charge in [-0.05, 0) is 6.92 Å². The van der Waals surface area contributed by atoms with Crippen LogP contribution in [-0.2, 0) is 4.79 Å². The Morgan fingerprint density at radius 1 is 1.86 bits per heavy atom. The molecule has 0 aromatic heterocycles. The van der Waals surface area contributed by atoms with Crippen molar-refractivity contribution in [1.29, 1.82) is 0 Å². The SMILES string of the molecule is CC(F)C(=O)O.[AlH3]. The average molecular weight is 122 g/mol. The summed E-state index contributed by atoms with van der Waals surface area (Å²) in [6.07, 6.45) is -1.73. The Hall–Kier alpha value is -0.0675. The van der Waals surface area contributed by atoms with Gasteiger partial charge >= 0.3 is 5.97 Å². The zero-order valence-corrected chi connectivity index (χ0v) is 3.31. The molecular formula is C3H8AlFO2. The van der Waals surface area contributed by atoms with Crippen molar-refractivity contribution in [2.24, 2.45) is 0 Å². The summed E-state index contributed by atoms with van der Waals surface area (Å²) in [5.74, 6) is -1.41. The first kappa shape index (κ1) is 10.0. The zero-order chi connectivity index (χ0) is 5.15. The predicted molar refractivity (Wildman–Crippen MR) is 28.1 cm³/mol. The minimum absolute atomic E-state index is 0. The van der Waals surface area contributed by atoms with E-state index in [1.165, 1.54) is 0 Å². The van der Waals surface area contributed by atoms with Gasteiger partial charge in [-0.25, -0.2) is 9.18 Å². The maximum atomic E-state index is 11.2. The Morgan fingerprint density at radius 3 is 2.00 bits per heavy atom. The normalized spacial score (nSPS) is 11.7. The molecule has 0 amide bonds. The van der Waals surface area contributed by atoms with Gasteiger partial charge < -0.3 is 5.11 Å². The number of hydrogen-bond acceptors (Lipinski definition) is 1. The minimum Gasteiger partial charge on any atom is -0.479 e. The number of aliphatic carboxylic acids is 1. The van der Waals surface area contributed by atoms with Crippen LogP contribution in [0, 0.1) is 0 Å². The molecule has 0 bridgehead atoms. The Bertz CT molecular complexity index is 64.0. The third-order valence-electron chi connectivity index (χ3n) is 0.340. The summed E-state index contributed by atoms with van der Waals surface area (Å²) < 4.78 is 11.2. The lowest BCUT2D eigenvalue weighted by Gasteiger charge is -1.85. The van der Waals surface area contributed by atoms with E-state index >= 15 is 0 Å². The van der Waals surface area contributed by atoms with Crippen molar-refractivity contribution in [3.8, 4) is 0 Å². The minimum atomic E-state index is -1.73. The molecule has 0 aliphatic carbocycles. The molecule has 1 unspecified atom stereocenters. The largest absolute Gasteiger partial charge is 0.479 e. The van der Waals surface area contributed by atoms with Gasteiger partial charge in [0.1, 0.15) is 0 Å².